The van der Waals surface area contributed by atoms with Gasteiger partial charge in [-0.3, -0.25) is 4.99 Å². The lowest BCUT2D eigenvalue weighted by atomic mass is 10.1. The summed E-state index contributed by atoms with van der Waals surface area (Å²) in [6, 6.07) is 0. The van der Waals surface area contributed by atoms with Gasteiger partial charge in [0.2, 0.25) is 0 Å². The highest BCUT2D eigenvalue weighted by atomic mass is 14.9. The molecule has 0 rings (SSSR count). The van der Waals surface area contributed by atoms with Crippen molar-refractivity contribution in [2.75, 3.05) is 7.05 Å². The van der Waals surface area contributed by atoms with E-state index in [2.05, 4.69) is 29.8 Å². The van der Waals surface area contributed by atoms with Crippen LogP contribution in [0.4, 0.5) is 0 Å². The van der Waals surface area contributed by atoms with Crippen LogP contribution in [0.5, 0.6) is 0 Å². The van der Waals surface area contributed by atoms with Gasteiger partial charge in [0.15, 0.2) is 0 Å². The van der Waals surface area contributed by atoms with Gasteiger partial charge in [0.25, 0.3) is 0 Å². The van der Waals surface area contributed by atoms with Crippen LogP contribution in [0.1, 0.15) is 27.7 Å². The minimum atomic E-state index is 0.292. The topological polar surface area (TPSA) is 24.7 Å². The van der Waals surface area contributed by atoms with Crippen LogP contribution >= 0.6 is 0 Å². The van der Waals surface area contributed by atoms with E-state index in [4.69, 9.17) is 6.42 Å². The molecule has 0 fully saturated rings. The maximum absolute atomic E-state index is 5.34. The Morgan fingerprint density at radius 2 is 1.69 bits per heavy atom. The first-order chi connectivity index (χ1) is 6.02. The number of aliphatic imine (C=N–C) groups is 2. The second kappa shape index (κ2) is 5.53. The van der Waals surface area contributed by atoms with E-state index in [1.54, 1.807) is 7.05 Å². The van der Waals surface area contributed by atoms with E-state index in [0.29, 0.717) is 11.8 Å². The van der Waals surface area contributed by atoms with Gasteiger partial charge in [-0.1, -0.05) is 33.6 Å². The molecule has 0 amide bonds. The van der Waals surface area contributed by atoms with Gasteiger partial charge < -0.3 is 0 Å². The average Bonchev–Trinajstić information content (AvgIpc) is 2.05. The van der Waals surface area contributed by atoms with Crippen LogP contribution in [-0.2, 0) is 0 Å². The maximum atomic E-state index is 5.34. The molecule has 2 heteroatoms. The standard InChI is InChI=1S/C11H18N2/c1-7-10(8(2)3)13-11(12-6)9(4)5/h1,8-9H,2-6H3. The van der Waals surface area contributed by atoms with E-state index < -0.39 is 0 Å². The van der Waals surface area contributed by atoms with Gasteiger partial charge in [-0.15, -0.1) is 6.42 Å². The molecule has 13 heavy (non-hydrogen) atoms. The van der Waals surface area contributed by atoms with Crippen LogP contribution in [0.2, 0.25) is 0 Å². The number of terminal acetylenes is 1. The number of amidine groups is 1. The Bertz CT molecular complexity index is 252. The minimum Gasteiger partial charge on any atom is -0.274 e. The zero-order valence-corrected chi connectivity index (χ0v) is 9.13. The van der Waals surface area contributed by atoms with E-state index in [0.717, 1.165) is 11.5 Å². The van der Waals surface area contributed by atoms with Crippen molar-refractivity contribution in [2.45, 2.75) is 27.7 Å². The Morgan fingerprint density at radius 3 is 1.92 bits per heavy atom. The van der Waals surface area contributed by atoms with Crippen molar-refractivity contribution in [3.8, 4) is 12.3 Å². The molecule has 0 radical (unpaired) electrons. The van der Waals surface area contributed by atoms with E-state index in [-0.39, 0.29) is 0 Å². The Balaban J connectivity index is 4.80. The molecular weight excluding hydrogens is 160 g/mol. The SMILES string of the molecule is C#CC(=NC(=NC)C(C)C)C(C)C. The monoisotopic (exact) mass is 178 g/mol. The number of nitrogens with zero attached hydrogens (tertiary/aromatic N) is 2. The first-order valence-corrected chi connectivity index (χ1v) is 4.54. The van der Waals surface area contributed by atoms with Gasteiger partial charge >= 0.3 is 0 Å². The van der Waals surface area contributed by atoms with Crippen molar-refractivity contribution in [1.82, 2.24) is 0 Å². The van der Waals surface area contributed by atoms with Gasteiger partial charge in [0, 0.05) is 18.9 Å². The normalized spacial score (nSPS) is 13.7. The predicted molar refractivity (Wildman–Crippen MR) is 59.3 cm³/mol. The highest BCUT2D eigenvalue weighted by molar-refractivity contribution is 6.08. The smallest absolute Gasteiger partial charge is 0.126 e. The van der Waals surface area contributed by atoms with Gasteiger partial charge in [0.1, 0.15) is 5.84 Å². The lowest BCUT2D eigenvalue weighted by Crippen LogP contribution is -2.12. The molecule has 0 aromatic carbocycles. The highest BCUT2D eigenvalue weighted by Crippen LogP contribution is 2.03. The van der Waals surface area contributed by atoms with Crippen LogP contribution in [0.3, 0.4) is 0 Å². The Hall–Kier alpha value is -1.10. The summed E-state index contributed by atoms with van der Waals surface area (Å²) in [6.45, 7) is 8.18. The van der Waals surface area contributed by atoms with Gasteiger partial charge in [-0.25, -0.2) is 4.99 Å². The third kappa shape index (κ3) is 3.89. The number of hydrogen-bond donors (Lipinski definition) is 0. The predicted octanol–water partition coefficient (Wildman–Crippen LogP) is 2.40. The van der Waals surface area contributed by atoms with Crippen LogP contribution in [0.25, 0.3) is 0 Å². The summed E-state index contributed by atoms with van der Waals surface area (Å²) in [5.41, 5.74) is 0.773. The molecule has 0 unspecified atom stereocenters. The first kappa shape index (κ1) is 11.9. The summed E-state index contributed by atoms with van der Waals surface area (Å²) in [5.74, 6) is 4.03. The van der Waals surface area contributed by atoms with E-state index in [1.807, 2.05) is 13.8 Å². The molecule has 0 aliphatic heterocycles. The quantitative estimate of drug-likeness (QED) is 0.352. The van der Waals surface area contributed by atoms with Crippen LogP contribution < -0.4 is 0 Å². The maximum Gasteiger partial charge on any atom is 0.126 e. The van der Waals surface area contributed by atoms with Crippen molar-refractivity contribution >= 4 is 11.5 Å². The zero-order valence-electron chi connectivity index (χ0n) is 9.13. The lowest BCUT2D eigenvalue weighted by Gasteiger charge is -2.07. The molecular formula is C11H18N2. The fraction of sp³-hybridized carbons (Fsp3) is 0.636. The highest BCUT2D eigenvalue weighted by Gasteiger charge is 2.06. The van der Waals surface area contributed by atoms with Crippen LogP contribution in [0.15, 0.2) is 9.98 Å². The molecule has 2 nitrogen and oxygen atoms in total. The summed E-state index contributed by atoms with van der Waals surface area (Å²) in [5, 5.41) is 0. The van der Waals surface area contributed by atoms with Gasteiger partial charge in [-0.05, 0) is 0 Å². The molecule has 0 heterocycles. The van der Waals surface area contributed by atoms with E-state index >= 15 is 0 Å². The third-order valence-corrected chi connectivity index (χ3v) is 1.68. The minimum absolute atomic E-state index is 0.292. The van der Waals surface area contributed by atoms with Crippen molar-refractivity contribution in [3.63, 3.8) is 0 Å². The molecule has 0 N–H and O–H groups in total. The fourth-order valence-corrected chi connectivity index (χ4v) is 0.889. The van der Waals surface area contributed by atoms with Gasteiger partial charge in [0.05, 0.1) is 5.71 Å². The van der Waals surface area contributed by atoms with E-state index in [1.165, 1.54) is 0 Å². The first-order valence-electron chi connectivity index (χ1n) is 4.54. The molecule has 0 aliphatic carbocycles. The summed E-state index contributed by atoms with van der Waals surface area (Å²) in [6.07, 6.45) is 5.34. The third-order valence-electron chi connectivity index (χ3n) is 1.68. The Kier molecular flexibility index (Phi) is 5.06. The average molecular weight is 178 g/mol. The summed E-state index contributed by atoms with van der Waals surface area (Å²) >= 11 is 0. The second-order valence-electron chi connectivity index (χ2n) is 3.53. The lowest BCUT2D eigenvalue weighted by molar-refractivity contribution is 0.857. The summed E-state index contributed by atoms with van der Waals surface area (Å²) in [4.78, 5) is 8.43. The molecule has 0 saturated heterocycles. The van der Waals surface area contributed by atoms with Crippen molar-refractivity contribution < 1.29 is 0 Å². The number of hydrogen-bond acceptors (Lipinski definition) is 1. The van der Waals surface area contributed by atoms with Crippen molar-refractivity contribution in [2.24, 2.45) is 21.8 Å². The zero-order chi connectivity index (χ0) is 10.4. The molecule has 0 saturated carbocycles. The molecule has 0 aliphatic rings. The van der Waals surface area contributed by atoms with Crippen molar-refractivity contribution in [1.29, 1.82) is 0 Å². The molecule has 0 spiro atoms. The molecule has 0 bridgehead atoms. The number of rotatable bonds is 2. The van der Waals surface area contributed by atoms with Crippen LogP contribution in [-0.4, -0.2) is 18.6 Å². The van der Waals surface area contributed by atoms with Crippen molar-refractivity contribution in [3.05, 3.63) is 0 Å². The molecule has 72 valence electrons. The van der Waals surface area contributed by atoms with Gasteiger partial charge in [-0.2, -0.15) is 0 Å². The second-order valence-corrected chi connectivity index (χ2v) is 3.53. The fourth-order valence-electron chi connectivity index (χ4n) is 0.889. The largest absolute Gasteiger partial charge is 0.274 e. The molecule has 0 aromatic rings. The summed E-state index contributed by atoms with van der Waals surface area (Å²) in [7, 11) is 1.74. The van der Waals surface area contributed by atoms with E-state index in [9.17, 15) is 0 Å². The Labute approximate surface area is 81.2 Å². The Morgan fingerprint density at radius 1 is 1.15 bits per heavy atom. The molecule has 0 aromatic heterocycles. The van der Waals surface area contributed by atoms with Crippen LogP contribution in [0, 0.1) is 24.2 Å². The summed E-state index contributed by atoms with van der Waals surface area (Å²) < 4.78 is 0. The molecule has 0 atom stereocenters.